The van der Waals surface area contributed by atoms with Gasteiger partial charge in [0.15, 0.2) is 0 Å². The zero-order valence-electron chi connectivity index (χ0n) is 16.7. The number of anilines is 1. The topological polar surface area (TPSA) is 114 Å². The average Bonchev–Trinajstić information content (AvgIpc) is 3.13. The first kappa shape index (κ1) is 19.5. The lowest BCUT2D eigenvalue weighted by Gasteiger charge is -2.27. The minimum Gasteiger partial charge on any atom is -0.378 e. The Morgan fingerprint density at radius 2 is 2.10 bits per heavy atom. The summed E-state index contributed by atoms with van der Waals surface area (Å²) >= 11 is 0. The molecule has 1 saturated heterocycles. The van der Waals surface area contributed by atoms with Crippen molar-refractivity contribution in [2.45, 2.75) is 6.04 Å². The van der Waals surface area contributed by atoms with Crippen molar-refractivity contribution in [1.29, 1.82) is 0 Å². The number of aromatic nitrogens is 1. The molecule has 1 aromatic carbocycles. The van der Waals surface area contributed by atoms with Crippen LogP contribution in [0.1, 0.15) is 15.9 Å². The highest BCUT2D eigenvalue weighted by Gasteiger charge is 2.46. The molecule has 156 valence electrons. The Balaban J connectivity index is 1.42. The highest BCUT2D eigenvalue weighted by atomic mass is 16.5. The monoisotopic (exact) mass is 416 g/mol. The van der Waals surface area contributed by atoms with Gasteiger partial charge in [0.25, 0.3) is 11.7 Å². The van der Waals surface area contributed by atoms with Crippen molar-refractivity contribution in [3.05, 3.63) is 83.6 Å². The van der Waals surface area contributed by atoms with Crippen molar-refractivity contribution in [1.82, 2.24) is 10.3 Å². The zero-order chi connectivity index (χ0) is 21.3. The van der Waals surface area contributed by atoms with E-state index in [1.54, 1.807) is 49.1 Å². The van der Waals surface area contributed by atoms with E-state index in [4.69, 9.17) is 15.6 Å². The molecule has 5 rings (SSSR count). The Hall–Kier alpha value is -3.50. The number of nitrogens with one attached hydrogen (secondary N) is 2. The highest BCUT2D eigenvalue weighted by Crippen LogP contribution is 2.32. The minimum absolute atomic E-state index is 0.0522. The number of hydrogen-bond acceptors (Lipinski definition) is 7. The summed E-state index contributed by atoms with van der Waals surface area (Å²) < 4.78 is 5.54. The van der Waals surface area contributed by atoms with Gasteiger partial charge in [0.1, 0.15) is 17.7 Å². The smallest absolute Gasteiger partial charge is 0.264 e. The van der Waals surface area contributed by atoms with Crippen LogP contribution in [0.4, 0.5) is 5.82 Å². The van der Waals surface area contributed by atoms with E-state index >= 15 is 0 Å². The number of nitrogens with zero attached hydrogens (tertiary/aromatic N) is 4. The van der Waals surface area contributed by atoms with Crippen molar-refractivity contribution in [2.75, 3.05) is 25.1 Å². The molecule has 31 heavy (non-hydrogen) atoms. The fraction of sp³-hybridized carbons (Fsp3) is 0.182. The normalized spacial score (nSPS) is 24.7. The Morgan fingerprint density at radius 1 is 1.23 bits per heavy atom. The summed E-state index contributed by atoms with van der Waals surface area (Å²) in [6.07, 6.45) is 6.84. The predicted molar refractivity (Wildman–Crippen MR) is 117 cm³/mol. The second kappa shape index (κ2) is 7.97. The summed E-state index contributed by atoms with van der Waals surface area (Å²) in [5, 5.41) is 6.21. The second-order valence-electron chi connectivity index (χ2n) is 7.39. The van der Waals surface area contributed by atoms with Crippen LogP contribution in [0.5, 0.6) is 0 Å². The van der Waals surface area contributed by atoms with E-state index in [1.807, 2.05) is 18.2 Å². The molecule has 0 bridgehead atoms. The predicted octanol–water partition coefficient (Wildman–Crippen LogP) is 1.54. The van der Waals surface area contributed by atoms with Gasteiger partial charge in [0, 0.05) is 18.3 Å². The Morgan fingerprint density at radius 3 is 2.84 bits per heavy atom. The van der Waals surface area contributed by atoms with E-state index in [0.717, 1.165) is 23.5 Å². The van der Waals surface area contributed by atoms with E-state index in [1.165, 1.54) is 0 Å². The first-order valence-electron chi connectivity index (χ1n) is 10.0. The Labute approximate surface area is 179 Å². The van der Waals surface area contributed by atoms with E-state index in [-0.39, 0.29) is 16.5 Å². The number of morpholine rings is 1. The number of fused-ring (bicyclic) bond motifs is 1. The maximum absolute atomic E-state index is 12.5. The summed E-state index contributed by atoms with van der Waals surface area (Å²) in [5.41, 5.74) is 2.96. The molecule has 1 aromatic heterocycles. The maximum atomic E-state index is 12.5. The van der Waals surface area contributed by atoms with Crippen molar-refractivity contribution in [3.63, 3.8) is 0 Å². The summed E-state index contributed by atoms with van der Waals surface area (Å²) in [6, 6.07) is 12.5. The van der Waals surface area contributed by atoms with Gasteiger partial charge in [-0.3, -0.25) is 9.79 Å². The Kier molecular flexibility index (Phi) is 5.00. The number of amides is 1. The third-order valence-electron chi connectivity index (χ3n) is 5.39. The van der Waals surface area contributed by atoms with Gasteiger partial charge in [-0.15, -0.1) is 4.59 Å². The van der Waals surface area contributed by atoms with Gasteiger partial charge in [-0.2, -0.15) is 10.8 Å². The van der Waals surface area contributed by atoms with Crippen LogP contribution in [-0.2, 0) is 4.74 Å². The molecule has 0 spiro atoms. The number of quaternary nitrogens is 1. The molecule has 2 aromatic rings. The summed E-state index contributed by atoms with van der Waals surface area (Å²) in [4.78, 5) is 25.8. The molecule has 2 unspecified atom stereocenters. The molecule has 9 heteroatoms. The van der Waals surface area contributed by atoms with Crippen LogP contribution in [-0.4, -0.2) is 53.3 Å². The van der Waals surface area contributed by atoms with Gasteiger partial charge >= 0.3 is 0 Å². The second-order valence-corrected chi connectivity index (χ2v) is 7.39. The molecule has 4 N–H and O–H groups in total. The van der Waals surface area contributed by atoms with Gasteiger partial charge in [0.2, 0.25) is 5.70 Å². The molecule has 1 fully saturated rings. The number of carbonyl (C=O) groups is 1. The lowest BCUT2D eigenvalue weighted by Crippen LogP contribution is -2.53. The number of nitrogens with two attached hydrogens (primary N) is 1. The lowest BCUT2D eigenvalue weighted by atomic mass is 10.1. The van der Waals surface area contributed by atoms with Crippen LogP contribution in [0.3, 0.4) is 0 Å². The average molecular weight is 416 g/mol. The van der Waals surface area contributed by atoms with Crippen LogP contribution >= 0.6 is 0 Å². The van der Waals surface area contributed by atoms with E-state index in [9.17, 15) is 4.79 Å². The van der Waals surface area contributed by atoms with Crippen LogP contribution in [0.25, 0.3) is 0 Å². The number of ether oxygens (including phenoxy) is 1. The third kappa shape index (κ3) is 3.60. The van der Waals surface area contributed by atoms with E-state index in [0.29, 0.717) is 30.4 Å². The molecule has 0 radical (unpaired) electrons. The van der Waals surface area contributed by atoms with Crippen LogP contribution in [0.2, 0.25) is 0 Å². The highest BCUT2D eigenvalue weighted by molar-refractivity contribution is 6.05. The summed E-state index contributed by atoms with van der Waals surface area (Å²) in [7, 11) is 0. The van der Waals surface area contributed by atoms with Gasteiger partial charge in [-0.1, -0.05) is 6.07 Å². The fourth-order valence-corrected chi connectivity index (χ4v) is 3.80. The third-order valence-corrected chi connectivity index (χ3v) is 5.39. The van der Waals surface area contributed by atoms with Crippen molar-refractivity contribution >= 4 is 23.8 Å². The molecular formula is C22H22N7O2+. The van der Waals surface area contributed by atoms with Crippen molar-refractivity contribution < 1.29 is 14.1 Å². The molecule has 3 aliphatic rings. The zero-order valence-corrected chi connectivity index (χ0v) is 16.7. The SMILES string of the molecule is N[N+]12C=CN=CC1=C(C1COCCN1)N=C2c1ccc(C(=O)Nc2ccccn2)cc1. The lowest BCUT2D eigenvalue weighted by molar-refractivity contribution is -0.750. The number of rotatable bonds is 4. The van der Waals surface area contributed by atoms with Crippen LogP contribution in [0, 0.1) is 0 Å². The molecule has 9 nitrogen and oxygen atoms in total. The Bertz CT molecular complexity index is 1120. The van der Waals surface area contributed by atoms with Gasteiger partial charge in [0.05, 0.1) is 37.2 Å². The van der Waals surface area contributed by atoms with E-state index < -0.39 is 0 Å². The molecule has 0 aliphatic carbocycles. The molecule has 4 heterocycles. The van der Waals surface area contributed by atoms with Gasteiger partial charge in [-0.05, 0) is 36.4 Å². The van der Waals surface area contributed by atoms with Crippen molar-refractivity contribution in [3.8, 4) is 0 Å². The summed E-state index contributed by atoms with van der Waals surface area (Å²) in [6.45, 7) is 1.96. The molecular weight excluding hydrogens is 394 g/mol. The van der Waals surface area contributed by atoms with E-state index in [2.05, 4.69) is 20.6 Å². The minimum atomic E-state index is -0.233. The van der Waals surface area contributed by atoms with Crippen molar-refractivity contribution in [2.24, 2.45) is 15.8 Å². The maximum Gasteiger partial charge on any atom is 0.264 e. The first-order chi connectivity index (χ1) is 15.1. The number of amidine groups is 1. The first-order valence-corrected chi connectivity index (χ1v) is 10.0. The molecule has 3 aliphatic heterocycles. The van der Waals surface area contributed by atoms with Gasteiger partial charge in [-0.25, -0.2) is 4.98 Å². The number of pyridine rings is 1. The summed E-state index contributed by atoms with van der Waals surface area (Å²) in [5.74, 6) is 7.68. The van der Waals surface area contributed by atoms with Crippen LogP contribution < -0.4 is 16.5 Å². The number of benzene rings is 1. The number of hydrogen-bond donors (Lipinski definition) is 3. The number of aliphatic imine (C=N–C) groups is 2. The molecule has 2 atom stereocenters. The molecule has 1 amide bonds. The number of carbonyl (C=O) groups excluding carboxylic acids is 1. The number of allylic oxidation sites excluding steroid dienone is 1. The standard InChI is InChI=1S/C22H21N7O2/c23-29-11-9-24-13-18(29)20(17-14-31-12-10-25-17)28-21(29)15-4-6-16(7-5-15)22(30)27-19-3-1-2-8-26-19/h1-9,11,13,17,25H,10,12,14,23H2/p+1. The quantitative estimate of drug-likeness (QED) is 0.517. The largest absolute Gasteiger partial charge is 0.378 e. The fourth-order valence-electron chi connectivity index (χ4n) is 3.80. The van der Waals surface area contributed by atoms with Gasteiger partial charge < -0.3 is 15.4 Å². The molecule has 0 saturated carbocycles. The van der Waals surface area contributed by atoms with Crippen LogP contribution in [0.15, 0.2) is 82.4 Å².